The first-order valence-corrected chi connectivity index (χ1v) is 12.8. The molecule has 0 atom stereocenters. The van der Waals surface area contributed by atoms with E-state index < -0.39 is 5.97 Å². The number of hydrogen-bond acceptors (Lipinski definition) is 3. The molecule has 5 nitrogen and oxygen atoms in total. The van der Waals surface area contributed by atoms with Crippen molar-refractivity contribution in [1.82, 2.24) is 0 Å². The van der Waals surface area contributed by atoms with E-state index in [9.17, 15) is 14.7 Å². The molecule has 178 valence electrons. The van der Waals surface area contributed by atoms with Crippen molar-refractivity contribution in [1.29, 1.82) is 0 Å². The van der Waals surface area contributed by atoms with Gasteiger partial charge >= 0.3 is 5.97 Å². The van der Waals surface area contributed by atoms with Crippen LogP contribution in [0, 0.1) is 5.92 Å². The summed E-state index contributed by atoms with van der Waals surface area (Å²) in [5, 5.41) is 9.83. The highest BCUT2D eigenvalue weighted by Gasteiger charge is 2.50. The lowest BCUT2D eigenvalue weighted by Crippen LogP contribution is -2.40. The van der Waals surface area contributed by atoms with E-state index in [1.807, 2.05) is 19.2 Å². The predicted molar refractivity (Wildman–Crippen MR) is 136 cm³/mol. The Morgan fingerprint density at radius 1 is 1.09 bits per heavy atom. The number of aliphatic imine (C=N–C) groups is 1. The first-order chi connectivity index (χ1) is 16.5. The van der Waals surface area contributed by atoms with Crippen LogP contribution in [0.3, 0.4) is 0 Å². The van der Waals surface area contributed by atoms with E-state index in [0.29, 0.717) is 16.5 Å². The third kappa shape index (κ3) is 3.65. The minimum Gasteiger partial charge on any atom is -0.481 e. The van der Waals surface area contributed by atoms with E-state index in [4.69, 9.17) is 16.6 Å². The van der Waals surface area contributed by atoms with Crippen LogP contribution in [-0.4, -0.2) is 30.2 Å². The van der Waals surface area contributed by atoms with E-state index in [1.165, 1.54) is 17.5 Å². The van der Waals surface area contributed by atoms with Gasteiger partial charge in [-0.2, -0.15) is 0 Å². The molecule has 0 amide bonds. The summed E-state index contributed by atoms with van der Waals surface area (Å²) in [7, 11) is 1.85. The van der Waals surface area contributed by atoms with Gasteiger partial charge < -0.3 is 5.11 Å². The number of nitrogens with zero attached hydrogens (tertiary/aromatic N) is 2. The van der Waals surface area contributed by atoms with Gasteiger partial charge in [0.15, 0.2) is 6.29 Å². The zero-order valence-corrected chi connectivity index (χ0v) is 20.4. The number of carbonyl (C=O) groups excluding carboxylic acids is 1. The maximum absolute atomic E-state index is 12.1. The predicted octanol–water partition coefficient (Wildman–Crippen LogP) is 6.89. The van der Waals surface area contributed by atoms with Crippen molar-refractivity contribution < 1.29 is 14.7 Å². The van der Waals surface area contributed by atoms with Crippen LogP contribution in [-0.2, 0) is 10.2 Å². The number of aldehydes is 1. The second kappa shape index (κ2) is 9.18. The summed E-state index contributed by atoms with van der Waals surface area (Å²) in [6.07, 6.45) is 9.67. The Bertz CT molecular complexity index is 1140. The maximum Gasteiger partial charge on any atom is 0.306 e. The summed E-state index contributed by atoms with van der Waals surface area (Å²) in [6, 6.07) is 12.4. The van der Waals surface area contributed by atoms with Gasteiger partial charge in [0.1, 0.15) is 5.84 Å². The second-order valence-electron chi connectivity index (χ2n) is 9.98. The summed E-state index contributed by atoms with van der Waals surface area (Å²) in [5.74, 6) is 0.439. The largest absolute Gasteiger partial charge is 0.481 e. The molecule has 0 aromatic heterocycles. The number of fused-ring (bicyclic) bond motifs is 2. The molecule has 1 N–H and O–H groups in total. The summed E-state index contributed by atoms with van der Waals surface area (Å²) in [5.41, 5.74) is 4.73. The molecule has 2 aliphatic carbocycles. The summed E-state index contributed by atoms with van der Waals surface area (Å²) in [6.45, 7) is 0. The molecular formula is C28H31ClN2O3. The van der Waals surface area contributed by atoms with Crippen LogP contribution < -0.4 is 4.90 Å². The Kier molecular flexibility index (Phi) is 6.24. The fraction of sp³-hybridized carbons (Fsp3) is 0.464. The molecule has 1 heterocycles. The van der Waals surface area contributed by atoms with Crippen molar-refractivity contribution in [3.8, 4) is 0 Å². The molecule has 3 aliphatic rings. The average molecular weight is 479 g/mol. The lowest BCUT2D eigenvalue weighted by atomic mass is 9.69. The molecule has 0 bridgehead atoms. The molecule has 6 heteroatoms. The van der Waals surface area contributed by atoms with Crippen LogP contribution in [0.5, 0.6) is 0 Å². The van der Waals surface area contributed by atoms with Crippen LogP contribution in [0.4, 0.5) is 11.4 Å². The molecule has 2 saturated carbocycles. The molecule has 0 unspecified atom stereocenters. The van der Waals surface area contributed by atoms with Crippen molar-refractivity contribution >= 4 is 41.1 Å². The topological polar surface area (TPSA) is 70.0 Å². The Labute approximate surface area is 205 Å². The SMILES string of the molecule is CN=C1N(c2cccc(Cl)c2C=O)c2cc(C3CCC(C(=O)O)CC3)ccc2C12CCCCC2. The highest BCUT2D eigenvalue weighted by atomic mass is 35.5. The molecule has 5 rings (SSSR count). The number of carbonyl (C=O) groups is 2. The van der Waals surface area contributed by atoms with E-state index in [1.54, 1.807) is 6.07 Å². The molecule has 1 aliphatic heterocycles. The van der Waals surface area contributed by atoms with Gasteiger partial charge in [0, 0.05) is 7.05 Å². The summed E-state index contributed by atoms with van der Waals surface area (Å²) in [4.78, 5) is 30.5. The van der Waals surface area contributed by atoms with Crippen molar-refractivity contribution in [2.75, 3.05) is 11.9 Å². The van der Waals surface area contributed by atoms with Gasteiger partial charge in [-0.05, 0) is 73.8 Å². The van der Waals surface area contributed by atoms with Crippen LogP contribution in [0.1, 0.15) is 85.2 Å². The van der Waals surface area contributed by atoms with Gasteiger partial charge in [-0.3, -0.25) is 19.5 Å². The Morgan fingerprint density at radius 2 is 1.82 bits per heavy atom. The molecule has 0 radical (unpaired) electrons. The molecule has 2 aromatic carbocycles. The molecule has 34 heavy (non-hydrogen) atoms. The van der Waals surface area contributed by atoms with E-state index >= 15 is 0 Å². The Hall–Kier alpha value is -2.66. The van der Waals surface area contributed by atoms with Crippen LogP contribution in [0.2, 0.25) is 5.02 Å². The zero-order chi connectivity index (χ0) is 23.9. The summed E-state index contributed by atoms with van der Waals surface area (Å²) < 4.78 is 0. The van der Waals surface area contributed by atoms with Crippen LogP contribution in [0.15, 0.2) is 41.4 Å². The fourth-order valence-corrected chi connectivity index (χ4v) is 6.77. The van der Waals surface area contributed by atoms with Crippen LogP contribution >= 0.6 is 11.6 Å². The van der Waals surface area contributed by atoms with Gasteiger partial charge in [-0.15, -0.1) is 0 Å². The maximum atomic E-state index is 12.1. The quantitative estimate of drug-likeness (QED) is 0.485. The minimum absolute atomic E-state index is 0.149. The second-order valence-corrected chi connectivity index (χ2v) is 10.4. The minimum atomic E-state index is -0.677. The highest BCUT2D eigenvalue weighted by molar-refractivity contribution is 6.34. The molecule has 2 aromatic rings. The number of amidine groups is 1. The number of halogens is 1. The first kappa shape index (κ1) is 23.1. The average Bonchev–Trinajstić information content (AvgIpc) is 3.12. The Balaban J connectivity index is 1.63. The zero-order valence-electron chi connectivity index (χ0n) is 19.6. The number of carboxylic acids is 1. The molecule has 2 fully saturated rings. The monoisotopic (exact) mass is 478 g/mol. The van der Waals surface area contributed by atoms with Crippen molar-refractivity contribution in [2.24, 2.45) is 10.9 Å². The normalized spacial score (nSPS) is 24.9. The number of anilines is 2. The van der Waals surface area contributed by atoms with Crippen LogP contribution in [0.25, 0.3) is 0 Å². The third-order valence-electron chi connectivity index (χ3n) is 8.27. The summed E-state index contributed by atoms with van der Waals surface area (Å²) >= 11 is 6.45. The van der Waals surface area contributed by atoms with Crippen molar-refractivity contribution in [3.05, 3.63) is 58.1 Å². The smallest absolute Gasteiger partial charge is 0.306 e. The molecule has 0 saturated heterocycles. The Morgan fingerprint density at radius 3 is 2.47 bits per heavy atom. The van der Waals surface area contributed by atoms with Gasteiger partial charge in [0.25, 0.3) is 0 Å². The number of aliphatic carboxylic acids is 1. The lowest BCUT2D eigenvalue weighted by Gasteiger charge is -2.35. The van der Waals surface area contributed by atoms with Crippen molar-refractivity contribution in [3.63, 3.8) is 0 Å². The molecule has 1 spiro atoms. The number of benzene rings is 2. The first-order valence-electron chi connectivity index (χ1n) is 12.4. The number of hydrogen-bond donors (Lipinski definition) is 1. The van der Waals surface area contributed by atoms with Gasteiger partial charge in [-0.25, -0.2) is 0 Å². The van der Waals surface area contributed by atoms with E-state index in [0.717, 1.165) is 74.9 Å². The fourth-order valence-electron chi connectivity index (χ4n) is 6.56. The van der Waals surface area contributed by atoms with Gasteiger partial charge in [0.05, 0.1) is 33.3 Å². The van der Waals surface area contributed by atoms with E-state index in [2.05, 4.69) is 23.1 Å². The lowest BCUT2D eigenvalue weighted by molar-refractivity contribution is -0.142. The van der Waals surface area contributed by atoms with Crippen molar-refractivity contribution in [2.45, 2.75) is 69.1 Å². The van der Waals surface area contributed by atoms with Gasteiger partial charge in [-0.1, -0.05) is 49.1 Å². The highest BCUT2D eigenvalue weighted by Crippen LogP contribution is 2.54. The number of rotatable bonds is 4. The number of carboxylic acid groups (broad SMARTS) is 1. The third-order valence-corrected chi connectivity index (χ3v) is 8.60. The van der Waals surface area contributed by atoms with Gasteiger partial charge in [0.2, 0.25) is 0 Å². The van der Waals surface area contributed by atoms with E-state index in [-0.39, 0.29) is 11.3 Å². The standard InChI is InChI=1S/C28H31ClN2O3/c1-30-27-28(14-3-2-4-15-28)22-13-12-20(18-8-10-19(11-9-18)26(33)34)16-25(22)31(27)24-7-5-6-23(29)21(24)17-32/h5-7,12-13,16-19H,2-4,8-11,14-15H2,1H3,(H,33,34). The molecular weight excluding hydrogens is 448 g/mol.